The van der Waals surface area contributed by atoms with Crippen molar-refractivity contribution in [3.63, 3.8) is 0 Å². The fraction of sp³-hybridized carbons (Fsp3) is 0.917. The molecule has 0 bridgehead atoms. The second-order valence-corrected chi connectivity index (χ2v) is 5.27. The topological polar surface area (TPSA) is 12.4 Å². The van der Waals surface area contributed by atoms with E-state index in [1.165, 1.54) is 19.3 Å². The number of rotatable bonds is 5. The average molecular weight is 181 g/mol. The Kier molecular flexibility index (Phi) is 2.84. The van der Waals surface area contributed by atoms with Crippen LogP contribution >= 0.6 is 0 Å². The lowest BCUT2D eigenvalue weighted by Gasteiger charge is -2.13. The van der Waals surface area contributed by atoms with Crippen molar-refractivity contribution >= 4 is 6.72 Å². The molecular weight excluding hydrogens is 158 g/mol. The van der Waals surface area contributed by atoms with Gasteiger partial charge in [0.2, 0.25) is 0 Å². The number of hydrogen-bond acceptors (Lipinski definition) is 1. The normalized spacial score (nSPS) is 35.8. The van der Waals surface area contributed by atoms with E-state index in [0.29, 0.717) is 10.8 Å². The molecule has 13 heavy (non-hydrogen) atoms. The maximum atomic E-state index is 3.88. The molecule has 1 aliphatic rings. The van der Waals surface area contributed by atoms with Crippen molar-refractivity contribution in [2.24, 2.45) is 21.7 Å². The van der Waals surface area contributed by atoms with Gasteiger partial charge in [-0.15, -0.1) is 0 Å². The third-order valence-electron chi connectivity index (χ3n) is 4.69. The summed E-state index contributed by atoms with van der Waals surface area (Å²) in [5.41, 5.74) is 1.16. The van der Waals surface area contributed by atoms with Gasteiger partial charge in [0.05, 0.1) is 0 Å². The molecular formula is C12H23N. The van der Waals surface area contributed by atoms with Crippen LogP contribution < -0.4 is 0 Å². The number of nitrogens with zero attached hydrogens (tertiary/aromatic N) is 1. The zero-order valence-electron chi connectivity index (χ0n) is 9.56. The molecule has 0 spiro atoms. The van der Waals surface area contributed by atoms with Crippen LogP contribution in [-0.4, -0.2) is 13.3 Å². The number of aliphatic imine (C=N–C) groups is 1. The molecule has 0 radical (unpaired) electrons. The van der Waals surface area contributed by atoms with Gasteiger partial charge < -0.3 is 4.99 Å². The highest BCUT2D eigenvalue weighted by Gasteiger charge is 2.63. The van der Waals surface area contributed by atoms with E-state index in [1.807, 2.05) is 0 Å². The van der Waals surface area contributed by atoms with Gasteiger partial charge in [0.1, 0.15) is 0 Å². The summed E-state index contributed by atoms with van der Waals surface area (Å²) < 4.78 is 0. The van der Waals surface area contributed by atoms with Gasteiger partial charge in [-0.05, 0) is 36.3 Å². The maximum absolute atomic E-state index is 3.88. The minimum atomic E-state index is 0.564. The van der Waals surface area contributed by atoms with Crippen LogP contribution in [-0.2, 0) is 0 Å². The summed E-state index contributed by atoms with van der Waals surface area (Å²) in [6.45, 7) is 14.0. The molecule has 0 N–H and O–H groups in total. The van der Waals surface area contributed by atoms with Crippen LogP contribution in [0.1, 0.15) is 47.0 Å². The molecule has 76 valence electrons. The largest absolute Gasteiger partial charge is 0.301 e. The first-order valence-electron chi connectivity index (χ1n) is 5.39. The zero-order valence-corrected chi connectivity index (χ0v) is 9.56. The van der Waals surface area contributed by atoms with Crippen LogP contribution in [0.2, 0.25) is 0 Å². The van der Waals surface area contributed by atoms with E-state index in [-0.39, 0.29) is 0 Å². The molecule has 0 amide bonds. The summed E-state index contributed by atoms with van der Waals surface area (Å²) in [4.78, 5) is 3.88. The Morgan fingerprint density at radius 3 is 2.15 bits per heavy atom. The van der Waals surface area contributed by atoms with Gasteiger partial charge in [-0.3, -0.25) is 0 Å². The molecule has 1 saturated carbocycles. The lowest BCUT2D eigenvalue weighted by molar-refractivity contribution is 0.374. The quantitative estimate of drug-likeness (QED) is 0.454. The second-order valence-electron chi connectivity index (χ2n) is 5.27. The van der Waals surface area contributed by atoms with Gasteiger partial charge in [0, 0.05) is 6.54 Å². The van der Waals surface area contributed by atoms with Crippen molar-refractivity contribution in [1.29, 1.82) is 0 Å². The summed E-state index contributed by atoms with van der Waals surface area (Å²) in [6.07, 6.45) is 3.88. The molecule has 0 aliphatic heterocycles. The molecule has 1 heteroatoms. The predicted octanol–water partition coefficient (Wildman–Crippen LogP) is 3.54. The van der Waals surface area contributed by atoms with Crippen molar-refractivity contribution in [2.45, 2.75) is 47.0 Å². The van der Waals surface area contributed by atoms with E-state index in [4.69, 9.17) is 0 Å². The standard InChI is InChI=1S/C12H23N/c1-10-11(2,3)12(10,4)8-6-7-9-13-5/h10H,5-9H2,1-4H3. The summed E-state index contributed by atoms with van der Waals surface area (Å²) in [6, 6.07) is 0. The number of hydrogen-bond donors (Lipinski definition) is 0. The van der Waals surface area contributed by atoms with Crippen LogP contribution in [0, 0.1) is 16.7 Å². The van der Waals surface area contributed by atoms with Gasteiger partial charge in [-0.25, -0.2) is 0 Å². The SMILES string of the molecule is C=NCCCCC1(C)C(C)C1(C)C. The van der Waals surface area contributed by atoms with Gasteiger partial charge in [0.25, 0.3) is 0 Å². The zero-order chi connectivity index (χ0) is 10.1. The third-order valence-corrected chi connectivity index (χ3v) is 4.69. The van der Waals surface area contributed by atoms with Gasteiger partial charge in [-0.2, -0.15) is 0 Å². The van der Waals surface area contributed by atoms with E-state index < -0.39 is 0 Å². The van der Waals surface area contributed by atoms with E-state index in [2.05, 4.69) is 39.4 Å². The third kappa shape index (κ3) is 1.66. The van der Waals surface area contributed by atoms with Crippen LogP contribution in [0.4, 0.5) is 0 Å². The molecule has 0 heterocycles. The van der Waals surface area contributed by atoms with E-state index in [9.17, 15) is 0 Å². The fourth-order valence-electron chi connectivity index (χ4n) is 2.63. The van der Waals surface area contributed by atoms with Crippen LogP contribution in [0.15, 0.2) is 4.99 Å². The van der Waals surface area contributed by atoms with Crippen LogP contribution in [0.5, 0.6) is 0 Å². The summed E-state index contributed by atoms with van der Waals surface area (Å²) >= 11 is 0. The summed E-state index contributed by atoms with van der Waals surface area (Å²) in [7, 11) is 0. The monoisotopic (exact) mass is 181 g/mol. The molecule has 1 aliphatic carbocycles. The van der Waals surface area contributed by atoms with Gasteiger partial charge >= 0.3 is 0 Å². The Bertz CT molecular complexity index is 195. The highest BCUT2D eigenvalue weighted by atomic mass is 14.7. The smallest absolute Gasteiger partial charge is 0.0382 e. The lowest BCUT2D eigenvalue weighted by Crippen LogP contribution is -2.03. The molecule has 1 rings (SSSR count). The Hall–Kier alpha value is -0.330. The first kappa shape index (κ1) is 10.7. The molecule has 1 fully saturated rings. The maximum Gasteiger partial charge on any atom is 0.0382 e. The first-order chi connectivity index (χ1) is 5.97. The van der Waals surface area contributed by atoms with Crippen molar-refractivity contribution in [3.05, 3.63) is 0 Å². The first-order valence-corrected chi connectivity index (χ1v) is 5.39. The fourth-order valence-corrected chi connectivity index (χ4v) is 2.63. The van der Waals surface area contributed by atoms with Crippen molar-refractivity contribution in [1.82, 2.24) is 0 Å². The lowest BCUT2D eigenvalue weighted by atomic mass is 9.92. The van der Waals surface area contributed by atoms with Crippen molar-refractivity contribution in [2.75, 3.05) is 6.54 Å². The van der Waals surface area contributed by atoms with Crippen molar-refractivity contribution in [3.8, 4) is 0 Å². The van der Waals surface area contributed by atoms with Gasteiger partial charge in [-0.1, -0.05) is 34.1 Å². The van der Waals surface area contributed by atoms with E-state index >= 15 is 0 Å². The predicted molar refractivity (Wildman–Crippen MR) is 59.3 cm³/mol. The van der Waals surface area contributed by atoms with Crippen molar-refractivity contribution < 1.29 is 0 Å². The highest BCUT2D eigenvalue weighted by Crippen LogP contribution is 2.70. The summed E-state index contributed by atoms with van der Waals surface area (Å²) in [5, 5.41) is 0. The van der Waals surface area contributed by atoms with Gasteiger partial charge in [0.15, 0.2) is 0 Å². The van der Waals surface area contributed by atoms with E-state index in [1.54, 1.807) is 0 Å². The summed E-state index contributed by atoms with van der Waals surface area (Å²) in [5.74, 6) is 0.886. The molecule has 2 atom stereocenters. The molecule has 0 aromatic rings. The minimum absolute atomic E-state index is 0.564. The molecule has 0 aromatic carbocycles. The average Bonchev–Trinajstić information content (AvgIpc) is 2.45. The Morgan fingerprint density at radius 2 is 1.77 bits per heavy atom. The Morgan fingerprint density at radius 1 is 1.23 bits per heavy atom. The number of unbranched alkanes of at least 4 members (excludes halogenated alkanes) is 1. The molecule has 2 unspecified atom stereocenters. The van der Waals surface area contributed by atoms with Crippen LogP contribution in [0.3, 0.4) is 0 Å². The molecule has 0 saturated heterocycles. The molecule has 0 aromatic heterocycles. The van der Waals surface area contributed by atoms with Crippen LogP contribution in [0.25, 0.3) is 0 Å². The highest BCUT2D eigenvalue weighted by molar-refractivity contribution is 5.23. The Balaban J connectivity index is 2.27. The molecule has 1 nitrogen and oxygen atoms in total. The second kappa shape index (κ2) is 3.43. The van der Waals surface area contributed by atoms with E-state index in [0.717, 1.165) is 12.5 Å². The minimum Gasteiger partial charge on any atom is -0.301 e. The Labute approximate surface area is 82.6 Å².